The van der Waals surface area contributed by atoms with Gasteiger partial charge in [0, 0.05) is 21.6 Å². The lowest BCUT2D eigenvalue weighted by atomic mass is 10.1. The lowest BCUT2D eigenvalue weighted by Gasteiger charge is -2.11. The number of carbonyl (C=O) groups excluding carboxylic acids is 1. The van der Waals surface area contributed by atoms with Crippen molar-refractivity contribution < 1.29 is 13.9 Å². The number of nitrogens with zero attached hydrogens (tertiary/aromatic N) is 1. The van der Waals surface area contributed by atoms with Crippen LogP contribution < -0.4 is 15.4 Å². The minimum absolute atomic E-state index is 0.141. The van der Waals surface area contributed by atoms with Gasteiger partial charge in [-0.15, -0.1) is 0 Å². The van der Waals surface area contributed by atoms with E-state index in [2.05, 4.69) is 31.5 Å². The number of ether oxygens (including phenoxy) is 1. The molecule has 0 aliphatic carbocycles. The second kappa shape index (κ2) is 10.1. The second-order valence-corrected chi connectivity index (χ2v) is 8.60. The molecule has 9 heteroatoms. The largest absolute Gasteiger partial charge is 0.484 e. The highest BCUT2D eigenvalue weighted by Gasteiger charge is 2.09. The number of nitrogens with one attached hydrogen (secondary N) is 2. The first-order valence-corrected chi connectivity index (χ1v) is 11.2. The van der Waals surface area contributed by atoms with Crippen molar-refractivity contribution in [1.29, 1.82) is 0 Å². The summed E-state index contributed by atoms with van der Waals surface area (Å²) < 4.78 is 12.1. The molecule has 0 saturated carbocycles. The first-order valence-electron chi connectivity index (χ1n) is 9.58. The Bertz CT molecular complexity index is 1260. The Kier molecular flexibility index (Phi) is 7.04. The van der Waals surface area contributed by atoms with Crippen LogP contribution in [0.3, 0.4) is 0 Å². The van der Waals surface area contributed by atoms with Gasteiger partial charge in [0.2, 0.25) is 0 Å². The van der Waals surface area contributed by atoms with Crippen molar-refractivity contribution >= 4 is 67.6 Å². The second-order valence-electron chi connectivity index (χ2n) is 6.84. The molecule has 0 radical (unpaired) electrons. The summed E-state index contributed by atoms with van der Waals surface area (Å²) in [6, 6.07) is 20.2. The molecule has 1 aromatic heterocycles. The molecule has 6 nitrogen and oxygen atoms in total. The minimum atomic E-state index is -0.349. The van der Waals surface area contributed by atoms with E-state index in [9.17, 15) is 4.79 Å². The van der Waals surface area contributed by atoms with Gasteiger partial charge in [-0.05, 0) is 72.4 Å². The van der Waals surface area contributed by atoms with Gasteiger partial charge in [0.15, 0.2) is 23.2 Å². The monoisotopic (exact) mass is 529 g/mol. The van der Waals surface area contributed by atoms with Gasteiger partial charge in [-0.3, -0.25) is 10.1 Å². The number of fused-ring (bicyclic) bond motifs is 1. The maximum atomic E-state index is 12.0. The lowest BCUT2D eigenvalue weighted by Crippen LogP contribution is -2.37. The van der Waals surface area contributed by atoms with E-state index in [0.717, 1.165) is 21.2 Å². The van der Waals surface area contributed by atoms with Crippen LogP contribution in [0.5, 0.6) is 5.75 Å². The molecule has 1 amide bonds. The Morgan fingerprint density at radius 3 is 2.59 bits per heavy atom. The fourth-order valence-electron chi connectivity index (χ4n) is 2.91. The Hall–Kier alpha value is -2.94. The number of rotatable bonds is 6. The highest BCUT2D eigenvalue weighted by molar-refractivity contribution is 9.10. The maximum Gasteiger partial charge on any atom is 0.264 e. The van der Waals surface area contributed by atoms with Crippen LogP contribution in [0.1, 0.15) is 11.5 Å². The van der Waals surface area contributed by atoms with E-state index in [1.807, 2.05) is 36.4 Å². The zero-order chi connectivity index (χ0) is 22.5. The molecular weight excluding hydrogens is 514 g/mol. The third-order valence-corrected chi connectivity index (χ3v) is 5.37. The van der Waals surface area contributed by atoms with Crippen molar-refractivity contribution in [2.45, 2.75) is 6.42 Å². The average Bonchev–Trinajstić information content (AvgIpc) is 3.16. The van der Waals surface area contributed by atoms with Crippen molar-refractivity contribution in [1.82, 2.24) is 10.3 Å². The summed E-state index contributed by atoms with van der Waals surface area (Å²) in [4.78, 5) is 16.5. The Balaban J connectivity index is 1.27. The molecule has 0 fully saturated rings. The van der Waals surface area contributed by atoms with Gasteiger partial charge in [-0.25, -0.2) is 4.98 Å². The molecule has 4 aromatic rings. The molecule has 32 heavy (non-hydrogen) atoms. The molecule has 0 saturated heterocycles. The van der Waals surface area contributed by atoms with Crippen LogP contribution in [0, 0.1) is 0 Å². The van der Waals surface area contributed by atoms with Crippen molar-refractivity contribution in [2.75, 3.05) is 11.9 Å². The summed E-state index contributed by atoms with van der Waals surface area (Å²) in [6.45, 7) is -0.141. The normalized spacial score (nSPS) is 10.7. The predicted molar refractivity (Wildman–Crippen MR) is 132 cm³/mol. The molecule has 0 aliphatic heterocycles. The van der Waals surface area contributed by atoms with Crippen molar-refractivity contribution in [2.24, 2.45) is 0 Å². The quantitative estimate of drug-likeness (QED) is 0.310. The highest BCUT2D eigenvalue weighted by Crippen LogP contribution is 2.22. The van der Waals surface area contributed by atoms with Crippen molar-refractivity contribution in [3.8, 4) is 5.75 Å². The molecule has 0 unspecified atom stereocenters. The average molecular weight is 531 g/mol. The van der Waals surface area contributed by atoms with Gasteiger partial charge in [-0.1, -0.05) is 39.7 Å². The van der Waals surface area contributed by atoms with E-state index in [1.165, 1.54) is 0 Å². The van der Waals surface area contributed by atoms with Crippen LogP contribution in [-0.4, -0.2) is 22.6 Å². The molecule has 0 bridgehead atoms. The SMILES string of the molecule is O=C(COc1ccc(Br)cc1)NC(=S)Nc1ccc(Cc2nc3cc(Cl)ccc3o2)cc1. The summed E-state index contributed by atoms with van der Waals surface area (Å²) >= 11 is 14.5. The molecule has 2 N–H and O–H groups in total. The lowest BCUT2D eigenvalue weighted by molar-refractivity contribution is -0.121. The number of hydrogen-bond donors (Lipinski definition) is 2. The number of amides is 1. The van der Waals surface area contributed by atoms with Crippen LogP contribution in [-0.2, 0) is 11.2 Å². The number of halogens is 2. The summed E-state index contributed by atoms with van der Waals surface area (Å²) in [7, 11) is 0. The van der Waals surface area contributed by atoms with Gasteiger partial charge in [0.1, 0.15) is 11.3 Å². The zero-order valence-electron chi connectivity index (χ0n) is 16.6. The van der Waals surface area contributed by atoms with E-state index >= 15 is 0 Å². The summed E-state index contributed by atoms with van der Waals surface area (Å²) in [5.41, 5.74) is 3.20. The number of anilines is 1. The molecule has 3 aromatic carbocycles. The Labute approximate surface area is 203 Å². The van der Waals surface area contributed by atoms with Crippen molar-refractivity contribution in [3.63, 3.8) is 0 Å². The number of aromatic nitrogens is 1. The van der Waals surface area contributed by atoms with Crippen LogP contribution in [0.2, 0.25) is 5.02 Å². The number of benzene rings is 3. The number of carbonyl (C=O) groups is 1. The van der Waals surface area contributed by atoms with E-state index < -0.39 is 0 Å². The standard InChI is InChI=1S/C23H17BrClN3O3S/c24-15-3-8-18(9-4-15)30-13-21(29)28-23(32)26-17-6-1-14(2-7-17)11-22-27-19-12-16(25)5-10-20(19)31-22/h1-10,12H,11,13H2,(H2,26,28,29,32). The minimum Gasteiger partial charge on any atom is -0.484 e. The molecule has 0 spiro atoms. The summed E-state index contributed by atoms with van der Waals surface area (Å²) in [6.07, 6.45) is 0.543. The van der Waals surface area contributed by atoms with Gasteiger partial charge < -0.3 is 14.5 Å². The fourth-order valence-corrected chi connectivity index (χ4v) is 3.57. The number of oxazole rings is 1. The molecule has 0 aliphatic rings. The van der Waals surface area contributed by atoms with E-state index in [4.69, 9.17) is 33.0 Å². The van der Waals surface area contributed by atoms with E-state index in [1.54, 1.807) is 30.3 Å². The van der Waals surface area contributed by atoms with E-state index in [0.29, 0.717) is 28.7 Å². The van der Waals surface area contributed by atoms with Crippen LogP contribution in [0.4, 0.5) is 5.69 Å². The first kappa shape index (κ1) is 22.3. The van der Waals surface area contributed by atoms with Crippen LogP contribution in [0.25, 0.3) is 11.1 Å². The van der Waals surface area contributed by atoms with Gasteiger partial charge in [0.05, 0.1) is 0 Å². The summed E-state index contributed by atoms with van der Waals surface area (Å²) in [5, 5.41) is 6.39. The highest BCUT2D eigenvalue weighted by atomic mass is 79.9. The topological polar surface area (TPSA) is 76.4 Å². The third-order valence-electron chi connectivity index (χ3n) is 4.40. The molecule has 0 atom stereocenters. The van der Waals surface area contributed by atoms with Gasteiger partial charge >= 0.3 is 0 Å². The number of hydrogen-bond acceptors (Lipinski definition) is 5. The number of thiocarbonyl (C=S) groups is 1. The molecule has 4 rings (SSSR count). The van der Waals surface area contributed by atoms with Crippen molar-refractivity contribution in [3.05, 3.63) is 87.7 Å². The fraction of sp³-hybridized carbons (Fsp3) is 0.0870. The van der Waals surface area contributed by atoms with Gasteiger partial charge in [0.25, 0.3) is 5.91 Å². The third kappa shape index (κ3) is 6.06. The van der Waals surface area contributed by atoms with Gasteiger partial charge in [-0.2, -0.15) is 0 Å². The smallest absolute Gasteiger partial charge is 0.264 e. The van der Waals surface area contributed by atoms with E-state index in [-0.39, 0.29) is 17.6 Å². The zero-order valence-corrected chi connectivity index (χ0v) is 19.8. The Morgan fingerprint density at radius 2 is 1.84 bits per heavy atom. The maximum absolute atomic E-state index is 12.0. The first-order chi connectivity index (χ1) is 15.4. The molecular formula is C23H17BrClN3O3S. The Morgan fingerprint density at radius 1 is 1.09 bits per heavy atom. The molecule has 162 valence electrons. The summed E-state index contributed by atoms with van der Waals surface area (Å²) in [5.74, 6) is 0.856. The molecule has 1 heterocycles. The van der Waals surface area contributed by atoms with Crippen LogP contribution in [0.15, 0.2) is 75.6 Å². The predicted octanol–water partition coefficient (Wildman–Crippen LogP) is 5.73. The van der Waals surface area contributed by atoms with Crippen LogP contribution >= 0.6 is 39.7 Å².